The van der Waals surface area contributed by atoms with Crippen molar-refractivity contribution in [2.24, 2.45) is 0 Å². The molecule has 0 unspecified atom stereocenters. The molecule has 0 spiro atoms. The Morgan fingerprint density at radius 1 is 1.38 bits per heavy atom. The van der Waals surface area contributed by atoms with Crippen LogP contribution in [0.15, 0.2) is 18.2 Å². The summed E-state index contributed by atoms with van der Waals surface area (Å²) in [5, 5.41) is 0. The smallest absolute Gasteiger partial charge is 0.119 e. The molecule has 0 amide bonds. The summed E-state index contributed by atoms with van der Waals surface area (Å²) in [5.41, 5.74) is 4.20. The zero-order valence-electron chi connectivity index (χ0n) is 8.13. The van der Waals surface area contributed by atoms with E-state index in [1.807, 2.05) is 0 Å². The Morgan fingerprint density at radius 3 is 2.92 bits per heavy atom. The minimum atomic E-state index is 0.985. The molecule has 0 atom stereocenters. The van der Waals surface area contributed by atoms with Gasteiger partial charge in [-0.15, -0.1) is 0 Å². The van der Waals surface area contributed by atoms with Crippen molar-refractivity contribution in [3.05, 3.63) is 34.9 Å². The summed E-state index contributed by atoms with van der Waals surface area (Å²) in [4.78, 5) is 0. The molecule has 1 aromatic rings. The summed E-state index contributed by atoms with van der Waals surface area (Å²) in [5.74, 6) is 0.985. The standard InChI is InChI=1S/C12H14O/c1-3-9-7-11(13-2)8-10-5-4-6-12(9)10/h4,6-8H,3,5H2,1-2H3. The number of rotatable bonds is 2. The molecule has 0 saturated carbocycles. The maximum absolute atomic E-state index is 5.25. The first-order chi connectivity index (χ1) is 6.35. The van der Waals surface area contributed by atoms with Gasteiger partial charge in [0.15, 0.2) is 0 Å². The maximum atomic E-state index is 5.25. The van der Waals surface area contributed by atoms with Gasteiger partial charge in [0.1, 0.15) is 5.75 Å². The maximum Gasteiger partial charge on any atom is 0.119 e. The van der Waals surface area contributed by atoms with Crippen LogP contribution in [-0.4, -0.2) is 7.11 Å². The van der Waals surface area contributed by atoms with E-state index < -0.39 is 0 Å². The third kappa shape index (κ3) is 1.35. The molecule has 0 radical (unpaired) electrons. The van der Waals surface area contributed by atoms with Crippen LogP contribution in [0.5, 0.6) is 5.75 Å². The van der Waals surface area contributed by atoms with E-state index in [1.165, 1.54) is 16.7 Å². The van der Waals surface area contributed by atoms with Gasteiger partial charge in [0.05, 0.1) is 7.11 Å². The largest absolute Gasteiger partial charge is 0.497 e. The Bertz CT molecular complexity index is 350. The van der Waals surface area contributed by atoms with Gasteiger partial charge in [0, 0.05) is 0 Å². The van der Waals surface area contributed by atoms with Crippen LogP contribution in [0.4, 0.5) is 0 Å². The second kappa shape index (κ2) is 3.25. The molecular weight excluding hydrogens is 160 g/mol. The lowest BCUT2D eigenvalue weighted by atomic mass is 10.0. The number of aryl methyl sites for hydroxylation is 1. The summed E-state index contributed by atoms with van der Waals surface area (Å²) in [7, 11) is 1.73. The lowest BCUT2D eigenvalue weighted by molar-refractivity contribution is 0.414. The van der Waals surface area contributed by atoms with Gasteiger partial charge in [-0.1, -0.05) is 19.1 Å². The van der Waals surface area contributed by atoms with E-state index in [4.69, 9.17) is 4.74 Å². The van der Waals surface area contributed by atoms with Crippen LogP contribution in [0.3, 0.4) is 0 Å². The summed E-state index contributed by atoms with van der Waals surface area (Å²) in [6, 6.07) is 4.27. The average Bonchev–Trinajstić information content (AvgIpc) is 2.63. The van der Waals surface area contributed by atoms with Crippen molar-refractivity contribution in [2.45, 2.75) is 19.8 Å². The normalized spacial score (nSPS) is 13.1. The summed E-state index contributed by atoms with van der Waals surface area (Å²) < 4.78 is 5.25. The molecule has 0 N–H and O–H groups in total. The molecule has 13 heavy (non-hydrogen) atoms. The first kappa shape index (κ1) is 8.36. The van der Waals surface area contributed by atoms with E-state index in [0.29, 0.717) is 0 Å². The number of fused-ring (bicyclic) bond motifs is 1. The zero-order valence-corrected chi connectivity index (χ0v) is 8.13. The molecule has 1 nitrogen and oxygen atoms in total. The topological polar surface area (TPSA) is 9.23 Å². The number of benzene rings is 1. The number of methoxy groups -OCH3 is 1. The van der Waals surface area contributed by atoms with Gasteiger partial charge >= 0.3 is 0 Å². The minimum absolute atomic E-state index is 0.985. The fourth-order valence-electron chi connectivity index (χ4n) is 1.84. The lowest BCUT2D eigenvalue weighted by Crippen LogP contribution is -1.93. The van der Waals surface area contributed by atoms with E-state index >= 15 is 0 Å². The molecule has 0 saturated heterocycles. The van der Waals surface area contributed by atoms with Gasteiger partial charge < -0.3 is 4.74 Å². The highest BCUT2D eigenvalue weighted by atomic mass is 16.5. The van der Waals surface area contributed by atoms with E-state index in [2.05, 4.69) is 31.2 Å². The Labute approximate surface area is 79.0 Å². The predicted octanol–water partition coefficient (Wildman–Crippen LogP) is 2.83. The van der Waals surface area contributed by atoms with Gasteiger partial charge in [-0.05, 0) is 41.7 Å². The molecule has 0 bridgehead atoms. The zero-order chi connectivity index (χ0) is 9.26. The number of hydrogen-bond acceptors (Lipinski definition) is 1. The Kier molecular flexibility index (Phi) is 2.09. The average molecular weight is 174 g/mol. The summed E-state index contributed by atoms with van der Waals surface area (Å²) in [6.45, 7) is 2.18. The van der Waals surface area contributed by atoms with Gasteiger partial charge in [0.2, 0.25) is 0 Å². The van der Waals surface area contributed by atoms with Crippen LogP contribution in [0, 0.1) is 0 Å². The minimum Gasteiger partial charge on any atom is -0.497 e. The highest BCUT2D eigenvalue weighted by Gasteiger charge is 2.10. The van der Waals surface area contributed by atoms with Gasteiger partial charge in [-0.25, -0.2) is 0 Å². The van der Waals surface area contributed by atoms with Crippen molar-refractivity contribution in [1.82, 2.24) is 0 Å². The van der Waals surface area contributed by atoms with Crippen molar-refractivity contribution >= 4 is 6.08 Å². The molecule has 1 aliphatic carbocycles. The molecule has 1 aromatic carbocycles. The van der Waals surface area contributed by atoms with Crippen LogP contribution < -0.4 is 4.74 Å². The number of hydrogen-bond donors (Lipinski definition) is 0. The van der Waals surface area contributed by atoms with Crippen molar-refractivity contribution in [2.75, 3.05) is 7.11 Å². The summed E-state index contributed by atoms with van der Waals surface area (Å²) in [6.07, 6.45) is 6.56. The van der Waals surface area contributed by atoms with E-state index in [1.54, 1.807) is 7.11 Å². The molecule has 2 rings (SSSR count). The van der Waals surface area contributed by atoms with Crippen LogP contribution >= 0.6 is 0 Å². The van der Waals surface area contributed by atoms with Gasteiger partial charge in [-0.3, -0.25) is 0 Å². The van der Waals surface area contributed by atoms with Crippen LogP contribution in [0.1, 0.15) is 23.6 Å². The molecule has 0 aliphatic heterocycles. The first-order valence-corrected chi connectivity index (χ1v) is 4.71. The van der Waals surface area contributed by atoms with Crippen molar-refractivity contribution < 1.29 is 4.74 Å². The molecule has 0 aromatic heterocycles. The Balaban J connectivity index is 2.53. The van der Waals surface area contributed by atoms with Crippen molar-refractivity contribution in [3.63, 3.8) is 0 Å². The third-order valence-electron chi connectivity index (χ3n) is 2.56. The first-order valence-electron chi connectivity index (χ1n) is 4.71. The molecule has 68 valence electrons. The number of ether oxygens (including phenoxy) is 1. The predicted molar refractivity (Wildman–Crippen MR) is 55.1 cm³/mol. The van der Waals surface area contributed by atoms with Gasteiger partial charge in [0.25, 0.3) is 0 Å². The number of allylic oxidation sites excluding steroid dienone is 1. The van der Waals surface area contributed by atoms with Crippen LogP contribution in [-0.2, 0) is 12.8 Å². The quantitative estimate of drug-likeness (QED) is 0.670. The molecule has 0 fully saturated rings. The summed E-state index contributed by atoms with van der Waals surface area (Å²) >= 11 is 0. The van der Waals surface area contributed by atoms with E-state index in [-0.39, 0.29) is 0 Å². The SMILES string of the molecule is CCc1cc(OC)cc2c1C=CC2. The highest BCUT2D eigenvalue weighted by Crippen LogP contribution is 2.28. The second-order valence-electron chi connectivity index (χ2n) is 3.32. The molecule has 1 heteroatoms. The van der Waals surface area contributed by atoms with Crippen molar-refractivity contribution in [1.29, 1.82) is 0 Å². The Morgan fingerprint density at radius 2 is 2.23 bits per heavy atom. The lowest BCUT2D eigenvalue weighted by Gasteiger charge is -2.08. The fraction of sp³-hybridized carbons (Fsp3) is 0.333. The van der Waals surface area contributed by atoms with Crippen LogP contribution in [0.25, 0.3) is 6.08 Å². The molecule has 1 aliphatic rings. The highest BCUT2D eigenvalue weighted by molar-refractivity contribution is 5.65. The Hall–Kier alpha value is -1.24. The monoisotopic (exact) mass is 174 g/mol. The van der Waals surface area contributed by atoms with E-state index in [9.17, 15) is 0 Å². The third-order valence-corrected chi connectivity index (χ3v) is 2.56. The fourth-order valence-corrected chi connectivity index (χ4v) is 1.84. The van der Waals surface area contributed by atoms with E-state index in [0.717, 1.165) is 18.6 Å². The molecule has 0 heterocycles. The molecular formula is C12H14O. The second-order valence-corrected chi connectivity index (χ2v) is 3.32. The van der Waals surface area contributed by atoms with Gasteiger partial charge in [-0.2, -0.15) is 0 Å². The van der Waals surface area contributed by atoms with Crippen molar-refractivity contribution in [3.8, 4) is 5.75 Å². The van der Waals surface area contributed by atoms with Crippen LogP contribution in [0.2, 0.25) is 0 Å².